The summed E-state index contributed by atoms with van der Waals surface area (Å²) in [4.78, 5) is 3.44. The molecule has 1 aromatic heterocycles. The van der Waals surface area contributed by atoms with E-state index < -0.39 is 0 Å². The van der Waals surface area contributed by atoms with Crippen molar-refractivity contribution in [2.45, 2.75) is 19.1 Å². The summed E-state index contributed by atoms with van der Waals surface area (Å²) in [6.07, 6.45) is 0.0342. The maximum atomic E-state index is 5.90. The highest BCUT2D eigenvalue weighted by Gasteiger charge is 2.27. The molecule has 1 aromatic carbocycles. The van der Waals surface area contributed by atoms with Gasteiger partial charge in [-0.05, 0) is 24.4 Å². The zero-order valence-electron chi connectivity index (χ0n) is 11.2. The Bertz CT molecular complexity index is 499. The summed E-state index contributed by atoms with van der Waals surface area (Å²) in [7, 11) is 0. The number of aromatic amines is 1. The van der Waals surface area contributed by atoms with E-state index in [0.717, 1.165) is 30.9 Å². The Morgan fingerprint density at radius 3 is 3.05 bits per heavy atom. The number of fused-ring (bicyclic) bond motifs is 1. The summed E-state index contributed by atoms with van der Waals surface area (Å²) in [5.74, 6) is 0. The molecule has 2 atom stereocenters. The lowest BCUT2D eigenvalue weighted by Gasteiger charge is -2.30. The van der Waals surface area contributed by atoms with Crippen LogP contribution in [0.3, 0.4) is 0 Å². The molecule has 4 nitrogen and oxygen atoms in total. The largest absolute Gasteiger partial charge is 0.372 e. The molecule has 3 rings (SSSR count). The number of benzene rings is 1. The topological polar surface area (TPSA) is 46.3 Å². The fourth-order valence-electron chi connectivity index (χ4n) is 2.61. The van der Waals surface area contributed by atoms with Crippen molar-refractivity contribution in [1.29, 1.82) is 0 Å². The monoisotopic (exact) mass is 260 g/mol. The lowest BCUT2D eigenvalue weighted by Crippen LogP contribution is -2.42. The van der Waals surface area contributed by atoms with Gasteiger partial charge in [0.15, 0.2) is 0 Å². The number of hydrogen-bond donors (Lipinski definition) is 2. The molecular weight excluding hydrogens is 240 g/mol. The Kier molecular flexibility index (Phi) is 3.82. The van der Waals surface area contributed by atoms with Crippen LogP contribution in [-0.2, 0) is 9.47 Å². The first-order valence-electron chi connectivity index (χ1n) is 6.90. The van der Waals surface area contributed by atoms with Gasteiger partial charge in [-0.25, -0.2) is 0 Å². The Morgan fingerprint density at radius 2 is 2.32 bits per heavy atom. The van der Waals surface area contributed by atoms with E-state index in [1.165, 1.54) is 5.39 Å². The summed E-state index contributed by atoms with van der Waals surface area (Å²) in [5.41, 5.74) is 2.24. The normalized spacial score (nSPS) is 21.6. The quantitative estimate of drug-likeness (QED) is 0.886. The van der Waals surface area contributed by atoms with E-state index >= 15 is 0 Å². The predicted molar refractivity (Wildman–Crippen MR) is 75.3 cm³/mol. The van der Waals surface area contributed by atoms with Crippen LogP contribution in [0.4, 0.5) is 0 Å². The minimum atomic E-state index is -0.0369. The van der Waals surface area contributed by atoms with Crippen molar-refractivity contribution in [3.05, 3.63) is 36.0 Å². The molecule has 0 spiro atoms. The summed E-state index contributed by atoms with van der Waals surface area (Å²) >= 11 is 0. The SMILES string of the molecule is CCOC(c1cc2ccccc2[nH]1)C1CNCCO1. The number of nitrogens with one attached hydrogen (secondary N) is 2. The molecule has 19 heavy (non-hydrogen) atoms. The molecule has 0 amide bonds. The van der Waals surface area contributed by atoms with Crippen LogP contribution >= 0.6 is 0 Å². The Hall–Kier alpha value is -1.36. The minimum Gasteiger partial charge on any atom is -0.372 e. The van der Waals surface area contributed by atoms with Gasteiger partial charge in [0.25, 0.3) is 0 Å². The minimum absolute atomic E-state index is 0.0369. The second-order valence-corrected chi connectivity index (χ2v) is 4.80. The van der Waals surface area contributed by atoms with E-state index in [4.69, 9.17) is 9.47 Å². The molecule has 4 heteroatoms. The van der Waals surface area contributed by atoms with Gasteiger partial charge >= 0.3 is 0 Å². The van der Waals surface area contributed by atoms with Crippen molar-refractivity contribution in [1.82, 2.24) is 10.3 Å². The van der Waals surface area contributed by atoms with Crippen LogP contribution < -0.4 is 5.32 Å². The number of hydrogen-bond acceptors (Lipinski definition) is 3. The molecule has 102 valence electrons. The van der Waals surface area contributed by atoms with Crippen LogP contribution in [0.2, 0.25) is 0 Å². The van der Waals surface area contributed by atoms with Gasteiger partial charge in [-0.1, -0.05) is 18.2 Å². The average Bonchev–Trinajstić information content (AvgIpc) is 2.89. The maximum absolute atomic E-state index is 5.90. The Morgan fingerprint density at radius 1 is 1.42 bits per heavy atom. The van der Waals surface area contributed by atoms with Crippen LogP contribution in [0.1, 0.15) is 18.7 Å². The number of rotatable bonds is 4. The standard InChI is InChI=1S/C15H20N2O2/c1-2-18-15(14-10-16-7-8-19-14)13-9-11-5-3-4-6-12(11)17-13/h3-6,9,14-17H,2,7-8,10H2,1H3. The van der Waals surface area contributed by atoms with Gasteiger partial charge in [0.2, 0.25) is 0 Å². The highest BCUT2D eigenvalue weighted by molar-refractivity contribution is 5.80. The van der Waals surface area contributed by atoms with Crippen molar-refractivity contribution in [3.8, 4) is 0 Å². The molecular formula is C15H20N2O2. The molecule has 2 unspecified atom stereocenters. The van der Waals surface area contributed by atoms with Crippen LogP contribution in [-0.4, -0.2) is 37.4 Å². The fraction of sp³-hybridized carbons (Fsp3) is 0.467. The predicted octanol–water partition coefficient (Wildman–Crippen LogP) is 2.23. The second-order valence-electron chi connectivity index (χ2n) is 4.80. The molecule has 1 saturated heterocycles. The molecule has 1 aliphatic rings. The molecule has 0 radical (unpaired) electrons. The van der Waals surface area contributed by atoms with E-state index in [2.05, 4.69) is 28.5 Å². The third kappa shape index (κ3) is 2.66. The van der Waals surface area contributed by atoms with Crippen molar-refractivity contribution in [2.75, 3.05) is 26.3 Å². The van der Waals surface area contributed by atoms with Gasteiger partial charge in [0.1, 0.15) is 12.2 Å². The molecule has 2 N–H and O–H groups in total. The zero-order chi connectivity index (χ0) is 13.1. The van der Waals surface area contributed by atoms with E-state index in [1.54, 1.807) is 0 Å². The first kappa shape index (κ1) is 12.7. The van der Waals surface area contributed by atoms with E-state index in [-0.39, 0.29) is 12.2 Å². The number of H-pyrrole nitrogens is 1. The average molecular weight is 260 g/mol. The number of ether oxygens (including phenoxy) is 2. The lowest BCUT2D eigenvalue weighted by molar-refractivity contribution is -0.0848. The van der Waals surface area contributed by atoms with Crippen molar-refractivity contribution in [3.63, 3.8) is 0 Å². The van der Waals surface area contributed by atoms with Crippen LogP contribution in [0.15, 0.2) is 30.3 Å². The second kappa shape index (κ2) is 5.74. The molecule has 1 fully saturated rings. The first-order chi connectivity index (χ1) is 9.38. The van der Waals surface area contributed by atoms with Crippen molar-refractivity contribution < 1.29 is 9.47 Å². The first-order valence-corrected chi connectivity index (χ1v) is 6.90. The maximum Gasteiger partial charge on any atom is 0.124 e. The number of aromatic nitrogens is 1. The molecule has 2 heterocycles. The van der Waals surface area contributed by atoms with E-state index in [9.17, 15) is 0 Å². The van der Waals surface area contributed by atoms with Gasteiger partial charge in [0.05, 0.1) is 6.61 Å². The van der Waals surface area contributed by atoms with Crippen LogP contribution in [0.25, 0.3) is 10.9 Å². The summed E-state index contributed by atoms with van der Waals surface area (Å²) in [5, 5.41) is 4.57. The number of morpholine rings is 1. The molecule has 0 aliphatic carbocycles. The van der Waals surface area contributed by atoms with Crippen LogP contribution in [0, 0.1) is 0 Å². The zero-order valence-corrected chi connectivity index (χ0v) is 11.2. The van der Waals surface area contributed by atoms with Gasteiger partial charge in [-0.3, -0.25) is 0 Å². The summed E-state index contributed by atoms with van der Waals surface area (Å²) in [6, 6.07) is 10.4. The highest BCUT2D eigenvalue weighted by Crippen LogP contribution is 2.27. The third-order valence-electron chi connectivity index (χ3n) is 3.50. The van der Waals surface area contributed by atoms with E-state index in [0.29, 0.717) is 6.61 Å². The van der Waals surface area contributed by atoms with Crippen molar-refractivity contribution >= 4 is 10.9 Å². The van der Waals surface area contributed by atoms with E-state index in [1.807, 2.05) is 19.1 Å². The van der Waals surface area contributed by atoms with Gasteiger partial charge in [-0.2, -0.15) is 0 Å². The molecule has 2 aromatic rings. The summed E-state index contributed by atoms with van der Waals surface area (Å²) in [6.45, 7) is 5.20. The molecule has 1 aliphatic heterocycles. The lowest BCUT2D eigenvalue weighted by atomic mass is 10.1. The van der Waals surface area contributed by atoms with Gasteiger partial charge in [0, 0.05) is 30.9 Å². The third-order valence-corrected chi connectivity index (χ3v) is 3.50. The molecule has 0 saturated carbocycles. The number of para-hydroxylation sites is 1. The summed E-state index contributed by atoms with van der Waals surface area (Å²) < 4.78 is 11.7. The fourth-order valence-corrected chi connectivity index (χ4v) is 2.61. The van der Waals surface area contributed by atoms with Crippen LogP contribution in [0.5, 0.6) is 0 Å². The molecule has 0 bridgehead atoms. The highest BCUT2D eigenvalue weighted by atomic mass is 16.5. The van der Waals surface area contributed by atoms with Crippen molar-refractivity contribution in [2.24, 2.45) is 0 Å². The Labute approximate surface area is 113 Å². The Balaban J connectivity index is 1.89. The smallest absolute Gasteiger partial charge is 0.124 e. The van der Waals surface area contributed by atoms with Gasteiger partial charge in [-0.15, -0.1) is 0 Å². The van der Waals surface area contributed by atoms with Gasteiger partial charge < -0.3 is 19.8 Å².